The van der Waals surface area contributed by atoms with Gasteiger partial charge in [-0.3, -0.25) is 0 Å². The monoisotopic (exact) mass is 711 g/mol. The molecule has 0 saturated carbocycles. The van der Waals surface area contributed by atoms with Crippen molar-refractivity contribution in [3.8, 4) is 16.9 Å². The van der Waals surface area contributed by atoms with Gasteiger partial charge in [-0.05, 0) is 66.3 Å². The highest BCUT2D eigenvalue weighted by molar-refractivity contribution is 7.90. The van der Waals surface area contributed by atoms with Gasteiger partial charge in [0.1, 0.15) is 18.5 Å². The van der Waals surface area contributed by atoms with E-state index < -0.39 is 44.3 Å². The van der Waals surface area contributed by atoms with Crippen LogP contribution in [0.5, 0.6) is 5.75 Å². The number of hydrogen-bond donors (Lipinski definition) is 3. The number of aliphatic hydroxyl groups excluding tert-OH is 1. The maximum atomic E-state index is 13.6. The Balaban J connectivity index is 1.09. The summed E-state index contributed by atoms with van der Waals surface area (Å²) in [7, 11) is -7.16. The van der Waals surface area contributed by atoms with Crippen LogP contribution in [-0.4, -0.2) is 95.8 Å². The number of sulfonamides is 1. The number of halogens is 3. The zero-order chi connectivity index (χ0) is 34.6. The van der Waals surface area contributed by atoms with Crippen molar-refractivity contribution in [3.63, 3.8) is 0 Å². The van der Waals surface area contributed by atoms with Crippen LogP contribution in [0.2, 0.25) is 0 Å². The lowest BCUT2D eigenvalue weighted by Crippen LogP contribution is -2.47. The summed E-state index contributed by atoms with van der Waals surface area (Å²) in [4.78, 5) is 0.302. The van der Waals surface area contributed by atoms with E-state index in [1.807, 2.05) is 0 Å². The molecule has 3 aromatic carbocycles. The number of piperidine rings is 1. The molecule has 10 nitrogen and oxygen atoms in total. The van der Waals surface area contributed by atoms with Crippen LogP contribution in [0.3, 0.4) is 0 Å². The van der Waals surface area contributed by atoms with E-state index in [9.17, 15) is 35.1 Å². The van der Waals surface area contributed by atoms with E-state index in [2.05, 4.69) is 10.6 Å². The summed E-state index contributed by atoms with van der Waals surface area (Å²) in [5, 5.41) is 16.1. The minimum absolute atomic E-state index is 0.0267. The molecule has 1 unspecified atom stereocenters. The molecule has 3 N–H and O–H groups in total. The molecule has 2 heterocycles. The van der Waals surface area contributed by atoms with Gasteiger partial charge in [0.05, 0.1) is 28.5 Å². The van der Waals surface area contributed by atoms with Gasteiger partial charge in [-0.25, -0.2) is 16.8 Å². The average molecular weight is 712 g/mol. The molecular weight excluding hydrogens is 672 g/mol. The Bertz CT molecular complexity index is 1760. The number of ether oxygens (including phenoxy) is 2. The van der Waals surface area contributed by atoms with Gasteiger partial charge < -0.3 is 25.2 Å². The summed E-state index contributed by atoms with van der Waals surface area (Å²) in [6.07, 6.45) is -2.30. The van der Waals surface area contributed by atoms with Gasteiger partial charge in [0, 0.05) is 38.5 Å². The van der Waals surface area contributed by atoms with E-state index in [0.29, 0.717) is 55.8 Å². The topological polar surface area (TPSA) is 134 Å². The number of benzene rings is 3. The van der Waals surface area contributed by atoms with E-state index in [1.165, 1.54) is 16.4 Å². The highest BCUT2D eigenvalue weighted by Crippen LogP contribution is 2.37. The smallest absolute Gasteiger partial charge is 0.401 e. The number of hydrogen-bond acceptors (Lipinski definition) is 9. The lowest BCUT2D eigenvalue weighted by molar-refractivity contribution is -0.125. The molecule has 2 aliphatic heterocycles. The first-order chi connectivity index (χ1) is 22.6. The van der Waals surface area contributed by atoms with Crippen molar-refractivity contribution >= 4 is 19.9 Å². The number of sulfone groups is 1. The molecule has 0 radical (unpaired) electrons. The normalized spacial score (nSPS) is 19.4. The maximum absolute atomic E-state index is 13.6. The third-order valence-electron chi connectivity index (χ3n) is 8.57. The Morgan fingerprint density at radius 3 is 2.35 bits per heavy atom. The van der Waals surface area contributed by atoms with Gasteiger partial charge in [-0.2, -0.15) is 17.5 Å². The van der Waals surface area contributed by atoms with Crippen LogP contribution in [0.15, 0.2) is 82.6 Å². The maximum Gasteiger partial charge on any atom is 0.401 e. The van der Waals surface area contributed by atoms with Gasteiger partial charge in [-0.1, -0.05) is 42.5 Å². The van der Waals surface area contributed by atoms with Gasteiger partial charge >= 0.3 is 6.18 Å². The minimum atomic E-state index is -4.28. The van der Waals surface area contributed by atoms with E-state index in [4.69, 9.17) is 9.47 Å². The summed E-state index contributed by atoms with van der Waals surface area (Å²) in [5.74, 6) is 0.348. The molecule has 2 saturated heterocycles. The SMILES string of the molecule is CS(=O)(=O)c1cccc(OC[C@@H](O)CNC2COC3(CCN(S(=O)(=O)c4cccc(-c5ccc(CNCC(F)(F)F)cc5)c4)CC3)C2)c1. The number of nitrogens with one attached hydrogen (secondary N) is 2. The molecule has 2 fully saturated rings. The molecule has 262 valence electrons. The lowest BCUT2D eigenvalue weighted by atomic mass is 9.88. The second-order valence-electron chi connectivity index (χ2n) is 12.4. The van der Waals surface area contributed by atoms with Crippen molar-refractivity contribution < 1.29 is 44.6 Å². The third kappa shape index (κ3) is 9.55. The van der Waals surface area contributed by atoms with Crippen LogP contribution in [0.25, 0.3) is 11.1 Å². The summed E-state index contributed by atoms with van der Waals surface area (Å²) in [5.41, 5.74) is 1.65. The fourth-order valence-electron chi connectivity index (χ4n) is 5.96. The van der Waals surface area contributed by atoms with E-state index in [-0.39, 0.29) is 35.5 Å². The number of alkyl halides is 3. The third-order valence-corrected chi connectivity index (χ3v) is 11.6. The number of rotatable bonds is 13. The summed E-state index contributed by atoms with van der Waals surface area (Å²) in [6, 6.07) is 19.7. The van der Waals surface area contributed by atoms with Gasteiger partial charge in [0.25, 0.3) is 0 Å². The van der Waals surface area contributed by atoms with Gasteiger partial charge in [0.2, 0.25) is 10.0 Å². The first kappa shape index (κ1) is 36.2. The molecule has 2 aliphatic rings. The summed E-state index contributed by atoms with van der Waals surface area (Å²) in [6.45, 7) is 0.212. The first-order valence-electron chi connectivity index (χ1n) is 15.6. The molecule has 0 aromatic heterocycles. The van der Waals surface area contributed by atoms with Gasteiger partial charge in [-0.15, -0.1) is 0 Å². The number of nitrogens with zero attached hydrogens (tertiary/aromatic N) is 1. The van der Waals surface area contributed by atoms with Crippen LogP contribution in [0.4, 0.5) is 13.2 Å². The minimum Gasteiger partial charge on any atom is -0.491 e. The van der Waals surface area contributed by atoms with Crippen molar-refractivity contribution in [3.05, 3.63) is 78.4 Å². The zero-order valence-corrected chi connectivity index (χ0v) is 28.1. The number of aliphatic hydroxyl groups is 1. The van der Waals surface area contributed by atoms with E-state index in [0.717, 1.165) is 11.8 Å². The van der Waals surface area contributed by atoms with Crippen LogP contribution in [-0.2, 0) is 31.1 Å². The molecule has 2 atom stereocenters. The average Bonchev–Trinajstić information content (AvgIpc) is 3.44. The summed E-state index contributed by atoms with van der Waals surface area (Å²) < 4.78 is 101. The van der Waals surface area contributed by atoms with Crippen molar-refractivity contribution in [2.24, 2.45) is 0 Å². The van der Waals surface area contributed by atoms with Crippen molar-refractivity contribution in [2.45, 2.75) is 59.5 Å². The fourth-order valence-corrected chi connectivity index (χ4v) is 8.10. The highest BCUT2D eigenvalue weighted by Gasteiger charge is 2.44. The second-order valence-corrected chi connectivity index (χ2v) is 16.3. The van der Waals surface area contributed by atoms with Gasteiger partial charge in [0.15, 0.2) is 9.84 Å². The molecule has 0 aliphatic carbocycles. The molecule has 3 aromatic rings. The lowest BCUT2D eigenvalue weighted by Gasteiger charge is -2.38. The van der Waals surface area contributed by atoms with E-state index in [1.54, 1.807) is 60.7 Å². The predicted octanol–water partition coefficient (Wildman–Crippen LogP) is 3.75. The molecule has 0 bridgehead atoms. The Hall–Kier alpha value is -3.05. The van der Waals surface area contributed by atoms with Crippen LogP contribution in [0, 0.1) is 0 Å². The largest absolute Gasteiger partial charge is 0.491 e. The standard InChI is InChI=1S/C33H40F3N3O7S2/c1-47(41,42)30-6-3-5-29(17-30)45-22-28(40)20-38-27-18-32(46-21-27)12-14-39(15-13-32)48(43,44)31-7-2-4-26(16-31)25-10-8-24(9-11-25)19-37-23-33(34,35)36/h2-11,16-17,27-28,37-38,40H,12-15,18-23H2,1H3/t27?,28-/m0/s1. The molecule has 48 heavy (non-hydrogen) atoms. The van der Waals surface area contributed by atoms with Crippen molar-refractivity contribution in [1.82, 2.24) is 14.9 Å². The zero-order valence-electron chi connectivity index (χ0n) is 26.4. The Morgan fingerprint density at radius 1 is 0.979 bits per heavy atom. The molecule has 15 heteroatoms. The van der Waals surface area contributed by atoms with Crippen molar-refractivity contribution in [1.29, 1.82) is 0 Å². The van der Waals surface area contributed by atoms with Crippen LogP contribution in [0.1, 0.15) is 24.8 Å². The molecule has 5 rings (SSSR count). The Labute approximate surface area is 279 Å². The highest BCUT2D eigenvalue weighted by atomic mass is 32.2. The Kier molecular flexibility index (Phi) is 11.2. The van der Waals surface area contributed by atoms with Crippen LogP contribution >= 0.6 is 0 Å². The molecular formula is C33H40F3N3O7S2. The quantitative estimate of drug-likeness (QED) is 0.243. The fraction of sp³-hybridized carbons (Fsp3) is 0.455. The second kappa shape index (κ2) is 14.8. The van der Waals surface area contributed by atoms with Crippen LogP contribution < -0.4 is 15.4 Å². The van der Waals surface area contributed by atoms with E-state index >= 15 is 0 Å². The first-order valence-corrected chi connectivity index (χ1v) is 18.9. The summed E-state index contributed by atoms with van der Waals surface area (Å²) >= 11 is 0. The predicted molar refractivity (Wildman–Crippen MR) is 174 cm³/mol. The Morgan fingerprint density at radius 2 is 1.67 bits per heavy atom. The molecule has 0 amide bonds. The van der Waals surface area contributed by atoms with Crippen molar-refractivity contribution in [2.75, 3.05) is 45.6 Å². The molecule has 1 spiro atoms.